The molecule has 0 unspecified atom stereocenters. The first-order valence-electron chi connectivity index (χ1n) is 3.25. The van der Waals surface area contributed by atoms with Gasteiger partial charge in [-0.2, -0.15) is 0 Å². The van der Waals surface area contributed by atoms with Crippen molar-refractivity contribution >= 4 is 28.5 Å². The summed E-state index contributed by atoms with van der Waals surface area (Å²) < 4.78 is 2.48. The average molecular weight is 181 g/mol. The lowest BCUT2D eigenvalue weighted by Crippen LogP contribution is -2.44. The second kappa shape index (κ2) is 2.71. The monoisotopic (exact) mass is 180 g/mol. The van der Waals surface area contributed by atoms with Gasteiger partial charge < -0.3 is 9.21 Å². The van der Waals surface area contributed by atoms with E-state index in [1.165, 1.54) is 6.54 Å². The summed E-state index contributed by atoms with van der Waals surface area (Å²) in [4.78, 5) is 3.39. The van der Waals surface area contributed by atoms with Crippen molar-refractivity contribution in [3.05, 3.63) is 0 Å². The van der Waals surface area contributed by atoms with E-state index in [1.54, 1.807) is 0 Å². The number of hydrogen-bond donors (Lipinski definition) is 1. The van der Waals surface area contributed by atoms with Crippen LogP contribution in [-0.4, -0.2) is 34.7 Å². The van der Waals surface area contributed by atoms with Gasteiger partial charge in [-0.3, -0.25) is 0 Å². The molecule has 54 valence electrons. The maximum Gasteiger partial charge on any atom is 0.217 e. The van der Waals surface area contributed by atoms with E-state index in [2.05, 4.69) is 22.3 Å². The predicted octanol–water partition coefficient (Wildman–Crippen LogP) is -0.169. The first-order chi connectivity index (χ1) is 4.11. The molecular formula is C4H13ClN2Si2. The summed E-state index contributed by atoms with van der Waals surface area (Å²) in [6, 6.07) is 0. The highest BCUT2D eigenvalue weighted by atomic mass is 35.6. The van der Waals surface area contributed by atoms with E-state index in [0.717, 1.165) is 6.54 Å². The van der Waals surface area contributed by atoms with E-state index >= 15 is 0 Å². The fraction of sp³-hybridized carbons (Fsp3) is 1.00. The number of halogens is 1. The molecule has 1 aliphatic rings. The van der Waals surface area contributed by atoms with Gasteiger partial charge in [0, 0.05) is 6.54 Å². The van der Waals surface area contributed by atoms with Crippen molar-refractivity contribution in [2.24, 2.45) is 0 Å². The van der Waals surface area contributed by atoms with Crippen molar-refractivity contribution in [1.82, 2.24) is 9.21 Å². The topological polar surface area (TPSA) is 15.3 Å². The molecule has 0 aromatic rings. The minimum Gasteiger partial charge on any atom is -0.329 e. The summed E-state index contributed by atoms with van der Waals surface area (Å²) >= 11 is 6.20. The van der Waals surface area contributed by atoms with Gasteiger partial charge in [0.05, 0.1) is 0 Å². The molecule has 1 fully saturated rings. The molecule has 0 saturated carbocycles. The first kappa shape index (κ1) is 7.75. The molecule has 0 aromatic heterocycles. The largest absolute Gasteiger partial charge is 0.329 e. The van der Waals surface area contributed by atoms with Crippen LogP contribution < -0.4 is 4.98 Å². The molecule has 9 heavy (non-hydrogen) atoms. The Morgan fingerprint density at radius 2 is 2.33 bits per heavy atom. The van der Waals surface area contributed by atoms with Gasteiger partial charge in [0.15, 0.2) is 9.84 Å². The van der Waals surface area contributed by atoms with Gasteiger partial charge >= 0.3 is 0 Å². The molecule has 0 bridgehead atoms. The van der Waals surface area contributed by atoms with Crippen LogP contribution >= 0.6 is 11.1 Å². The van der Waals surface area contributed by atoms with Crippen LogP contribution in [0.1, 0.15) is 0 Å². The Kier molecular flexibility index (Phi) is 2.34. The fourth-order valence-corrected chi connectivity index (χ4v) is 5.14. The van der Waals surface area contributed by atoms with Gasteiger partial charge in [-0.15, -0.1) is 11.1 Å². The standard InChI is InChI=1S/C4H13ClN2Si2/c1-9(2,5)7-4-3-6-8-7/h6H,3-4,8H2,1-2H3. The van der Waals surface area contributed by atoms with Crippen LogP contribution in [0.25, 0.3) is 0 Å². The molecule has 2 nitrogen and oxygen atoms in total. The lowest BCUT2D eigenvalue weighted by atomic mass is 10.7. The van der Waals surface area contributed by atoms with Crippen molar-refractivity contribution in [3.8, 4) is 0 Å². The second-order valence-electron chi connectivity index (χ2n) is 2.83. The summed E-state index contributed by atoms with van der Waals surface area (Å²) in [7, 11) is -1.55. The number of nitrogens with zero attached hydrogens (tertiary/aromatic N) is 1. The lowest BCUT2D eigenvalue weighted by Gasteiger charge is -2.25. The molecule has 0 spiro atoms. The number of nitrogens with one attached hydrogen (secondary N) is 1. The summed E-state index contributed by atoms with van der Waals surface area (Å²) in [6.07, 6.45) is 0. The zero-order valence-corrected chi connectivity index (χ0v) is 9.12. The summed E-state index contributed by atoms with van der Waals surface area (Å²) in [5, 5.41) is 0. The van der Waals surface area contributed by atoms with Crippen molar-refractivity contribution in [2.75, 3.05) is 13.1 Å². The van der Waals surface area contributed by atoms with Gasteiger partial charge in [-0.1, -0.05) is 0 Å². The highest BCUT2D eigenvalue weighted by molar-refractivity contribution is 7.19. The molecule has 0 aromatic carbocycles. The Morgan fingerprint density at radius 3 is 2.56 bits per heavy atom. The van der Waals surface area contributed by atoms with Crippen LogP contribution in [0.2, 0.25) is 13.1 Å². The Labute approximate surface area is 64.3 Å². The normalized spacial score (nSPS) is 25.7. The van der Waals surface area contributed by atoms with Gasteiger partial charge in [0.2, 0.25) is 7.55 Å². The summed E-state index contributed by atoms with van der Waals surface area (Å²) in [5.41, 5.74) is 0. The van der Waals surface area contributed by atoms with E-state index < -0.39 is 7.55 Å². The van der Waals surface area contributed by atoms with E-state index in [4.69, 9.17) is 11.1 Å². The molecule has 0 radical (unpaired) electrons. The maximum absolute atomic E-state index is 6.20. The third kappa shape index (κ3) is 2.05. The zero-order chi connectivity index (χ0) is 6.91. The van der Waals surface area contributed by atoms with Crippen LogP contribution in [-0.2, 0) is 0 Å². The van der Waals surface area contributed by atoms with Crippen LogP contribution in [0, 0.1) is 0 Å². The minimum atomic E-state index is -1.42. The predicted molar refractivity (Wildman–Crippen MR) is 46.6 cm³/mol. The molecule has 1 aliphatic heterocycles. The summed E-state index contributed by atoms with van der Waals surface area (Å²) in [5.74, 6) is 0. The van der Waals surface area contributed by atoms with Gasteiger partial charge in [-0.25, -0.2) is 0 Å². The fourth-order valence-electron chi connectivity index (χ4n) is 0.961. The molecule has 1 N–H and O–H groups in total. The van der Waals surface area contributed by atoms with Crippen molar-refractivity contribution in [3.63, 3.8) is 0 Å². The molecule has 1 saturated heterocycles. The third-order valence-corrected chi connectivity index (χ3v) is 8.78. The number of rotatable bonds is 1. The minimum absolute atomic E-state index is 0.134. The van der Waals surface area contributed by atoms with E-state index in [0.29, 0.717) is 0 Å². The Bertz CT molecular complexity index is 97.2. The smallest absolute Gasteiger partial charge is 0.217 e. The van der Waals surface area contributed by atoms with Crippen LogP contribution in [0.4, 0.5) is 0 Å². The van der Waals surface area contributed by atoms with Crippen LogP contribution in [0.5, 0.6) is 0 Å². The highest BCUT2D eigenvalue weighted by Crippen LogP contribution is 2.13. The highest BCUT2D eigenvalue weighted by Gasteiger charge is 2.28. The van der Waals surface area contributed by atoms with Crippen LogP contribution in [0.3, 0.4) is 0 Å². The molecule has 1 heterocycles. The third-order valence-electron chi connectivity index (χ3n) is 1.61. The van der Waals surface area contributed by atoms with E-state index in [9.17, 15) is 0 Å². The maximum atomic E-state index is 6.20. The molecular weight excluding hydrogens is 168 g/mol. The molecule has 0 amide bonds. The molecule has 0 atom stereocenters. The van der Waals surface area contributed by atoms with Crippen molar-refractivity contribution < 1.29 is 0 Å². The van der Waals surface area contributed by atoms with E-state index in [1.807, 2.05) is 0 Å². The lowest BCUT2D eigenvalue weighted by molar-refractivity contribution is 0.713. The van der Waals surface area contributed by atoms with E-state index in [-0.39, 0.29) is 9.84 Å². The Hall–Kier alpha value is 0.644. The van der Waals surface area contributed by atoms with Gasteiger partial charge in [0.25, 0.3) is 0 Å². The average Bonchev–Trinajstić information content (AvgIpc) is 2.08. The molecule has 1 rings (SSSR count). The Morgan fingerprint density at radius 1 is 1.67 bits per heavy atom. The SMILES string of the molecule is C[Si](C)(Cl)N1CCN[SiH2]1. The first-order valence-corrected chi connectivity index (χ1v) is 8.55. The Balaban J connectivity index is 2.42. The van der Waals surface area contributed by atoms with Gasteiger partial charge in [-0.05, 0) is 19.6 Å². The summed E-state index contributed by atoms with van der Waals surface area (Å²) in [6.45, 7) is 6.73. The van der Waals surface area contributed by atoms with Crippen LogP contribution in [0.15, 0.2) is 0 Å². The second-order valence-corrected chi connectivity index (χ2v) is 11.3. The zero-order valence-electron chi connectivity index (χ0n) is 5.95. The molecule has 0 aliphatic carbocycles. The molecule has 5 heteroatoms. The quantitative estimate of drug-likeness (QED) is 0.446. The van der Waals surface area contributed by atoms with Crippen molar-refractivity contribution in [2.45, 2.75) is 13.1 Å². The number of hydrogen-bond acceptors (Lipinski definition) is 2. The van der Waals surface area contributed by atoms with Gasteiger partial charge in [0.1, 0.15) is 0 Å². The van der Waals surface area contributed by atoms with Crippen molar-refractivity contribution in [1.29, 1.82) is 0 Å².